The maximum Gasteiger partial charge on any atom is 0.401 e. The zero-order valence-corrected chi connectivity index (χ0v) is 17.5. The molecule has 0 amide bonds. The number of benzene rings is 3. The highest BCUT2D eigenvalue weighted by atomic mass is 19.4. The van der Waals surface area contributed by atoms with E-state index in [1.165, 1.54) is 48.5 Å². The van der Waals surface area contributed by atoms with Gasteiger partial charge in [-0.3, -0.25) is 9.64 Å². The molecular weight excluding hydrogens is 431 g/mol. The molecule has 0 aliphatic carbocycles. The van der Waals surface area contributed by atoms with Crippen molar-refractivity contribution in [2.75, 3.05) is 0 Å². The fourth-order valence-electron chi connectivity index (χ4n) is 3.60. The Labute approximate surface area is 189 Å². The fourth-order valence-corrected chi connectivity index (χ4v) is 3.60. The first-order valence-corrected chi connectivity index (χ1v) is 10.1. The lowest BCUT2D eigenvalue weighted by Gasteiger charge is -2.30. The molecular formula is C26H20F3NO3. The van der Waals surface area contributed by atoms with Crippen LogP contribution >= 0.6 is 0 Å². The molecule has 0 unspecified atom stereocenters. The van der Waals surface area contributed by atoms with Crippen molar-refractivity contribution in [2.45, 2.75) is 24.7 Å². The Morgan fingerprint density at radius 1 is 0.848 bits per heavy atom. The zero-order valence-electron chi connectivity index (χ0n) is 17.5. The summed E-state index contributed by atoms with van der Waals surface area (Å²) in [5, 5.41) is 0. The van der Waals surface area contributed by atoms with Crippen molar-refractivity contribution in [3.63, 3.8) is 0 Å². The number of alkyl halides is 3. The van der Waals surface area contributed by atoms with E-state index in [4.69, 9.17) is 11.3 Å². The molecule has 0 aliphatic heterocycles. The SMILES string of the molecule is [C-]#[N+][C@@](C(=O)OCc1ccccc1)(c1ccccc1)[C@H](CC(=O)c1ccccc1)C(F)(F)F. The van der Waals surface area contributed by atoms with Gasteiger partial charge in [-0.2, -0.15) is 13.2 Å². The zero-order chi connectivity index (χ0) is 23.9. The number of nitrogens with zero attached hydrogens (tertiary/aromatic N) is 1. The molecule has 2 atom stereocenters. The summed E-state index contributed by atoms with van der Waals surface area (Å²) in [5.41, 5.74) is -2.34. The largest absolute Gasteiger partial charge is 0.455 e. The Kier molecular flexibility index (Phi) is 7.29. The average Bonchev–Trinajstić information content (AvgIpc) is 2.84. The Hall–Kier alpha value is -3.92. The first-order chi connectivity index (χ1) is 15.8. The van der Waals surface area contributed by atoms with E-state index in [1.807, 2.05) is 0 Å². The number of ether oxygens (including phenoxy) is 1. The Morgan fingerprint density at radius 3 is 1.88 bits per heavy atom. The lowest BCUT2D eigenvalue weighted by molar-refractivity contribution is -0.199. The molecule has 3 aromatic carbocycles. The van der Waals surface area contributed by atoms with Crippen LogP contribution in [0.15, 0.2) is 91.0 Å². The minimum Gasteiger partial charge on any atom is -0.455 e. The number of carbonyl (C=O) groups excluding carboxylic acids is 2. The van der Waals surface area contributed by atoms with E-state index in [1.54, 1.807) is 42.5 Å². The molecule has 0 saturated heterocycles. The number of Topliss-reactive ketones (excluding diaryl/α,β-unsaturated/α-hetero) is 1. The predicted molar refractivity (Wildman–Crippen MR) is 116 cm³/mol. The minimum absolute atomic E-state index is 0.0661. The highest BCUT2D eigenvalue weighted by Crippen LogP contribution is 2.47. The molecule has 3 aromatic rings. The molecule has 0 N–H and O–H groups in total. The Balaban J connectivity index is 2.05. The van der Waals surface area contributed by atoms with Crippen LogP contribution in [-0.4, -0.2) is 17.9 Å². The number of halogens is 3. The molecule has 4 nitrogen and oxygen atoms in total. The predicted octanol–water partition coefficient (Wildman–Crippen LogP) is 6.00. The summed E-state index contributed by atoms with van der Waals surface area (Å²) in [6.45, 7) is 7.43. The molecule has 168 valence electrons. The van der Waals surface area contributed by atoms with Crippen LogP contribution in [0.3, 0.4) is 0 Å². The summed E-state index contributed by atoms with van der Waals surface area (Å²) in [6.07, 6.45) is -6.11. The lowest BCUT2D eigenvalue weighted by Crippen LogP contribution is -2.49. The molecule has 0 aromatic heterocycles. The Bertz CT molecular complexity index is 1130. The van der Waals surface area contributed by atoms with E-state index >= 15 is 0 Å². The van der Waals surface area contributed by atoms with E-state index in [0.717, 1.165) is 0 Å². The van der Waals surface area contributed by atoms with E-state index in [0.29, 0.717) is 5.56 Å². The van der Waals surface area contributed by atoms with Gasteiger partial charge < -0.3 is 4.74 Å². The summed E-state index contributed by atoms with van der Waals surface area (Å²) in [4.78, 5) is 29.2. The molecule has 0 radical (unpaired) electrons. The van der Waals surface area contributed by atoms with Gasteiger partial charge in [0.1, 0.15) is 6.61 Å². The molecule has 3 rings (SSSR count). The van der Waals surface area contributed by atoms with Crippen LogP contribution in [-0.2, 0) is 21.7 Å². The highest BCUT2D eigenvalue weighted by Gasteiger charge is 2.66. The van der Waals surface area contributed by atoms with E-state index in [-0.39, 0.29) is 17.7 Å². The van der Waals surface area contributed by atoms with Gasteiger partial charge >= 0.3 is 17.7 Å². The van der Waals surface area contributed by atoms with Crippen molar-refractivity contribution < 1.29 is 27.5 Å². The maximum atomic E-state index is 14.4. The molecule has 33 heavy (non-hydrogen) atoms. The molecule has 0 bridgehead atoms. The van der Waals surface area contributed by atoms with Gasteiger partial charge in [-0.1, -0.05) is 91.0 Å². The van der Waals surface area contributed by atoms with Gasteiger partial charge in [-0.25, -0.2) is 11.4 Å². The van der Waals surface area contributed by atoms with Crippen LogP contribution in [0.25, 0.3) is 4.85 Å². The highest BCUT2D eigenvalue weighted by molar-refractivity contribution is 5.97. The quantitative estimate of drug-likeness (QED) is 0.240. The van der Waals surface area contributed by atoms with Gasteiger partial charge in [-0.15, -0.1) is 0 Å². The summed E-state index contributed by atoms with van der Waals surface area (Å²) in [6, 6.07) is 22.9. The van der Waals surface area contributed by atoms with Crippen LogP contribution in [0.1, 0.15) is 27.9 Å². The van der Waals surface area contributed by atoms with Crippen LogP contribution in [0.4, 0.5) is 13.2 Å². The number of esters is 1. The summed E-state index contributed by atoms with van der Waals surface area (Å²) < 4.78 is 48.4. The molecule has 0 heterocycles. The van der Waals surface area contributed by atoms with Crippen LogP contribution in [0.5, 0.6) is 0 Å². The summed E-state index contributed by atoms with van der Waals surface area (Å²) in [7, 11) is 0. The van der Waals surface area contributed by atoms with Crippen LogP contribution in [0.2, 0.25) is 0 Å². The molecule has 0 spiro atoms. The van der Waals surface area contributed by atoms with Gasteiger partial charge in [0.2, 0.25) is 0 Å². The number of hydrogen-bond donors (Lipinski definition) is 0. The van der Waals surface area contributed by atoms with Gasteiger partial charge in [-0.05, 0) is 5.56 Å². The van der Waals surface area contributed by atoms with Crippen molar-refractivity contribution in [3.05, 3.63) is 119 Å². The maximum absolute atomic E-state index is 14.4. The third kappa shape index (κ3) is 5.29. The second-order valence-corrected chi connectivity index (χ2v) is 7.39. The Morgan fingerprint density at radius 2 is 1.36 bits per heavy atom. The number of carbonyl (C=O) groups is 2. The topological polar surface area (TPSA) is 47.7 Å². The third-order valence-corrected chi connectivity index (χ3v) is 5.30. The molecule has 0 fully saturated rings. The average molecular weight is 451 g/mol. The monoisotopic (exact) mass is 451 g/mol. The molecule has 7 heteroatoms. The van der Waals surface area contributed by atoms with Gasteiger partial charge in [0, 0.05) is 17.5 Å². The van der Waals surface area contributed by atoms with Gasteiger partial charge in [0.15, 0.2) is 11.7 Å². The van der Waals surface area contributed by atoms with Crippen molar-refractivity contribution in [3.8, 4) is 0 Å². The normalized spacial score (nSPS) is 13.9. The molecule has 0 aliphatic rings. The van der Waals surface area contributed by atoms with Crippen molar-refractivity contribution in [1.29, 1.82) is 0 Å². The van der Waals surface area contributed by atoms with E-state index in [2.05, 4.69) is 4.85 Å². The van der Waals surface area contributed by atoms with Crippen LogP contribution in [0, 0.1) is 12.5 Å². The number of rotatable bonds is 8. The van der Waals surface area contributed by atoms with Crippen molar-refractivity contribution in [2.24, 2.45) is 5.92 Å². The molecule has 0 saturated carbocycles. The van der Waals surface area contributed by atoms with E-state index < -0.39 is 35.8 Å². The first kappa shape index (κ1) is 23.7. The van der Waals surface area contributed by atoms with Gasteiger partial charge in [0.05, 0.1) is 0 Å². The minimum atomic E-state index is -5.03. The van der Waals surface area contributed by atoms with Gasteiger partial charge in [0.25, 0.3) is 0 Å². The number of hydrogen-bond acceptors (Lipinski definition) is 3. The first-order valence-electron chi connectivity index (χ1n) is 10.1. The van der Waals surface area contributed by atoms with Crippen molar-refractivity contribution in [1.82, 2.24) is 0 Å². The van der Waals surface area contributed by atoms with Crippen LogP contribution < -0.4 is 0 Å². The van der Waals surface area contributed by atoms with E-state index in [9.17, 15) is 22.8 Å². The second kappa shape index (κ2) is 10.1. The lowest BCUT2D eigenvalue weighted by atomic mass is 9.75. The smallest absolute Gasteiger partial charge is 0.401 e. The summed E-state index contributed by atoms with van der Waals surface area (Å²) in [5.74, 6) is -4.78. The number of ketones is 1. The van der Waals surface area contributed by atoms with Crippen molar-refractivity contribution >= 4 is 11.8 Å². The standard InChI is InChI=1S/C26H20F3NO3/c1-30-25(21-15-9-4-10-16-21,24(32)33-18-19-11-5-2-6-12-19)23(26(27,28)29)17-22(31)20-13-7-3-8-14-20/h2-16,23H,17-18H2/t23-,25-/m0/s1. The summed E-state index contributed by atoms with van der Waals surface area (Å²) >= 11 is 0. The second-order valence-electron chi connectivity index (χ2n) is 7.39. The third-order valence-electron chi connectivity index (χ3n) is 5.30. The fraction of sp³-hybridized carbons (Fsp3) is 0.192.